The van der Waals surface area contributed by atoms with Crippen molar-refractivity contribution in [2.75, 3.05) is 44.1 Å². The molecule has 0 spiro atoms. The van der Waals surface area contributed by atoms with E-state index in [4.69, 9.17) is 9.47 Å². The Balaban J connectivity index is 2.25. The highest BCUT2D eigenvalue weighted by atomic mass is 32.1. The molecule has 0 aliphatic rings. The van der Waals surface area contributed by atoms with Gasteiger partial charge in [-0.05, 0) is 26.0 Å². The second-order valence-corrected chi connectivity index (χ2v) is 7.49. The lowest BCUT2D eigenvalue weighted by molar-refractivity contribution is -0.121. The van der Waals surface area contributed by atoms with Crippen molar-refractivity contribution < 1.29 is 19.1 Å². The van der Waals surface area contributed by atoms with Gasteiger partial charge in [0.15, 0.2) is 5.57 Å². The summed E-state index contributed by atoms with van der Waals surface area (Å²) in [4.78, 5) is 41.2. The van der Waals surface area contributed by atoms with Crippen molar-refractivity contribution in [2.45, 2.75) is 20.4 Å². The number of carbonyl (C=O) groups excluding carboxylic acids is 2. The van der Waals surface area contributed by atoms with Gasteiger partial charge >= 0.3 is 0 Å². The van der Waals surface area contributed by atoms with E-state index in [1.807, 2.05) is 6.07 Å². The topological polar surface area (TPSA) is 147 Å². The molecule has 0 radical (unpaired) electrons. The van der Waals surface area contributed by atoms with Gasteiger partial charge in [-0.1, -0.05) is 6.07 Å². The summed E-state index contributed by atoms with van der Waals surface area (Å²) >= 11 is 1.03. The van der Waals surface area contributed by atoms with Crippen LogP contribution in [0.15, 0.2) is 23.0 Å². The summed E-state index contributed by atoms with van der Waals surface area (Å²) in [7, 11) is 1.54. The number of thiazole rings is 1. The molecule has 11 nitrogen and oxygen atoms in total. The van der Waals surface area contributed by atoms with E-state index in [0.717, 1.165) is 11.3 Å². The van der Waals surface area contributed by atoms with Crippen molar-refractivity contribution in [1.82, 2.24) is 14.9 Å². The maximum absolute atomic E-state index is 12.7. The van der Waals surface area contributed by atoms with Crippen molar-refractivity contribution >= 4 is 46.6 Å². The Morgan fingerprint density at radius 2 is 2.03 bits per heavy atom. The molecule has 0 bridgehead atoms. The molecule has 0 aliphatic heterocycles. The second kappa shape index (κ2) is 13.1. The Bertz CT molecular complexity index is 1200. The maximum atomic E-state index is 12.7. The van der Waals surface area contributed by atoms with E-state index in [2.05, 4.69) is 20.9 Å². The third-order valence-corrected chi connectivity index (χ3v) is 5.28. The molecule has 0 unspecified atom stereocenters. The number of hydrogen-bond donors (Lipinski definition) is 3. The van der Waals surface area contributed by atoms with Gasteiger partial charge < -0.3 is 25.4 Å². The average Bonchev–Trinajstić information content (AvgIpc) is 3.11. The molecule has 176 valence electrons. The van der Waals surface area contributed by atoms with Gasteiger partial charge in [0.1, 0.15) is 33.5 Å². The number of amides is 2. The van der Waals surface area contributed by atoms with E-state index < -0.39 is 5.91 Å². The Hall–Kier alpha value is -3.53. The van der Waals surface area contributed by atoms with Crippen molar-refractivity contribution in [1.29, 1.82) is 5.26 Å². The molecular formula is C21H26N6O5S. The molecule has 2 aromatic heterocycles. The van der Waals surface area contributed by atoms with E-state index in [0.29, 0.717) is 42.5 Å². The number of ether oxygens (including phenoxy) is 2. The Labute approximate surface area is 194 Å². The molecule has 0 fully saturated rings. The first kappa shape index (κ1) is 25.7. The number of carbonyl (C=O) groups is 2. The minimum Gasteiger partial charge on any atom is -0.382 e. The number of methoxy groups -OCH3 is 1. The monoisotopic (exact) mass is 474 g/mol. The fraction of sp³-hybridized carbons (Fsp3) is 0.381. The molecule has 0 saturated carbocycles. The highest BCUT2D eigenvalue weighted by molar-refractivity contribution is 7.07. The van der Waals surface area contributed by atoms with E-state index in [1.54, 1.807) is 39.2 Å². The first-order valence-corrected chi connectivity index (χ1v) is 11.0. The first-order chi connectivity index (χ1) is 15.9. The fourth-order valence-electron chi connectivity index (χ4n) is 2.65. The van der Waals surface area contributed by atoms with Gasteiger partial charge in [-0.3, -0.25) is 19.0 Å². The van der Waals surface area contributed by atoms with Crippen LogP contribution in [0.1, 0.15) is 13.8 Å². The molecule has 0 aromatic carbocycles. The zero-order valence-corrected chi connectivity index (χ0v) is 19.5. The van der Waals surface area contributed by atoms with Crippen LogP contribution in [0.4, 0.5) is 11.6 Å². The van der Waals surface area contributed by atoms with Gasteiger partial charge in [-0.15, -0.1) is 11.3 Å². The standard InChI is InChI=1S/C21H26N6O5S/c1-4-23-19(29)14(11-22)21-27(5-2)20(30)15(33-21)12-24-16-7-6-8-17(25-16)26-18(28)13-32-10-9-31-3/h6-8,12H,4-5,9-10,13H2,1-3H3,(H,23,29)(H2,24,25,26,28)/b15-12+,21-14-. The number of hydrogen-bond acceptors (Lipinski definition) is 9. The van der Waals surface area contributed by atoms with Crippen LogP contribution in [-0.2, 0) is 25.6 Å². The van der Waals surface area contributed by atoms with Gasteiger partial charge in [0.05, 0.1) is 13.2 Å². The molecule has 0 saturated heterocycles. The minimum atomic E-state index is -0.528. The van der Waals surface area contributed by atoms with E-state index >= 15 is 0 Å². The quantitative estimate of drug-likeness (QED) is 0.372. The van der Waals surface area contributed by atoms with Gasteiger partial charge in [0, 0.05) is 26.4 Å². The normalized spacial score (nSPS) is 12.1. The predicted octanol–water partition coefficient (Wildman–Crippen LogP) is -0.413. The number of aromatic nitrogens is 2. The van der Waals surface area contributed by atoms with Gasteiger partial charge in [0.25, 0.3) is 17.4 Å². The lowest BCUT2D eigenvalue weighted by Crippen LogP contribution is -2.34. The molecule has 12 heteroatoms. The number of nitrogens with one attached hydrogen (secondary N) is 3. The fourth-order valence-corrected chi connectivity index (χ4v) is 3.73. The van der Waals surface area contributed by atoms with Crippen molar-refractivity contribution in [3.05, 3.63) is 37.7 Å². The van der Waals surface area contributed by atoms with E-state index in [1.165, 1.54) is 10.8 Å². The SMILES string of the molecule is CCNC(=O)/C(C#N)=c1\s/c(=C/Nc2cccc(NC(=O)COCCOC)n2)c(=O)n1CC. The summed E-state index contributed by atoms with van der Waals surface area (Å²) in [5.41, 5.74) is -0.448. The van der Waals surface area contributed by atoms with E-state index in [-0.39, 0.29) is 28.3 Å². The molecule has 0 aliphatic carbocycles. The molecular weight excluding hydrogens is 448 g/mol. The first-order valence-electron chi connectivity index (χ1n) is 10.2. The Kier molecular flexibility index (Phi) is 10.2. The highest BCUT2D eigenvalue weighted by Gasteiger charge is 2.14. The molecule has 2 rings (SSSR count). The lowest BCUT2D eigenvalue weighted by atomic mass is 10.3. The zero-order valence-electron chi connectivity index (χ0n) is 18.6. The number of rotatable bonds is 11. The van der Waals surface area contributed by atoms with Crippen LogP contribution in [-0.4, -0.2) is 54.8 Å². The second-order valence-electron chi connectivity index (χ2n) is 6.46. The number of nitriles is 1. The third-order valence-electron chi connectivity index (χ3n) is 4.15. The molecule has 0 atom stereocenters. The molecule has 2 heterocycles. The summed E-state index contributed by atoms with van der Waals surface area (Å²) < 4.78 is 12.0. The number of nitrogens with zero attached hydrogens (tertiary/aromatic N) is 3. The van der Waals surface area contributed by atoms with Crippen LogP contribution in [0, 0.1) is 11.3 Å². The summed E-state index contributed by atoms with van der Waals surface area (Å²) in [6.45, 7) is 4.73. The zero-order chi connectivity index (χ0) is 24.2. The molecule has 2 aromatic rings. The van der Waals surface area contributed by atoms with Crippen LogP contribution >= 0.6 is 11.3 Å². The predicted molar refractivity (Wildman–Crippen MR) is 125 cm³/mol. The average molecular weight is 475 g/mol. The summed E-state index contributed by atoms with van der Waals surface area (Å²) in [6, 6.07) is 6.86. The van der Waals surface area contributed by atoms with Crippen LogP contribution in [0.2, 0.25) is 0 Å². The molecule has 33 heavy (non-hydrogen) atoms. The van der Waals surface area contributed by atoms with E-state index in [9.17, 15) is 19.6 Å². The Morgan fingerprint density at radius 1 is 1.27 bits per heavy atom. The number of anilines is 2. The lowest BCUT2D eigenvalue weighted by Gasteiger charge is -2.07. The van der Waals surface area contributed by atoms with Crippen LogP contribution in [0.5, 0.6) is 0 Å². The maximum Gasteiger partial charge on any atom is 0.270 e. The summed E-state index contributed by atoms with van der Waals surface area (Å²) in [6.07, 6.45) is 1.46. The third kappa shape index (κ3) is 7.25. The van der Waals surface area contributed by atoms with Gasteiger partial charge in [0.2, 0.25) is 0 Å². The summed E-state index contributed by atoms with van der Waals surface area (Å²) in [5.74, 6) is -0.195. The van der Waals surface area contributed by atoms with Crippen molar-refractivity contribution in [2.24, 2.45) is 0 Å². The minimum absolute atomic E-state index is 0.115. The van der Waals surface area contributed by atoms with Crippen LogP contribution < -0.4 is 30.7 Å². The Morgan fingerprint density at radius 3 is 2.70 bits per heavy atom. The smallest absolute Gasteiger partial charge is 0.270 e. The van der Waals surface area contributed by atoms with Crippen molar-refractivity contribution in [3.63, 3.8) is 0 Å². The van der Waals surface area contributed by atoms with Crippen LogP contribution in [0.3, 0.4) is 0 Å². The largest absolute Gasteiger partial charge is 0.382 e. The summed E-state index contributed by atoms with van der Waals surface area (Å²) in [5, 5.41) is 17.6. The highest BCUT2D eigenvalue weighted by Crippen LogP contribution is 2.09. The molecule has 2 amide bonds. The number of pyridine rings is 1. The van der Waals surface area contributed by atoms with Gasteiger partial charge in [-0.2, -0.15) is 5.26 Å². The molecule has 3 N–H and O–H groups in total. The van der Waals surface area contributed by atoms with Crippen LogP contribution in [0.25, 0.3) is 11.8 Å². The van der Waals surface area contributed by atoms with Gasteiger partial charge in [-0.25, -0.2) is 4.98 Å². The van der Waals surface area contributed by atoms with Crippen molar-refractivity contribution in [3.8, 4) is 6.07 Å².